The zero-order valence-corrected chi connectivity index (χ0v) is 8.71. The summed E-state index contributed by atoms with van der Waals surface area (Å²) in [6.07, 6.45) is 3.33. The molecular weight excluding hydrogens is 172 g/mol. The number of carboxylic acids is 1. The van der Waals surface area contributed by atoms with Crippen molar-refractivity contribution in [2.75, 3.05) is 0 Å². The van der Waals surface area contributed by atoms with Crippen molar-refractivity contribution in [3.63, 3.8) is 0 Å². The molecule has 1 aliphatic carbocycles. The Morgan fingerprint density at radius 1 is 1.27 bits per heavy atom. The second-order valence-corrected chi connectivity index (χ2v) is 2.88. The molecule has 0 aromatic carbocycles. The SMILES string of the molecule is O=C([O-])C1(O)CCCCC1.[Ca+2]. The summed E-state index contributed by atoms with van der Waals surface area (Å²) < 4.78 is 0. The Labute approximate surface area is 95.8 Å². The number of aliphatic hydroxyl groups is 1. The molecule has 1 fully saturated rings. The molecular formula is C7H11CaO3+. The van der Waals surface area contributed by atoms with Crippen LogP contribution in [0.15, 0.2) is 0 Å². The Kier molecular flexibility index (Phi) is 4.94. The van der Waals surface area contributed by atoms with Gasteiger partial charge in [-0.3, -0.25) is 0 Å². The van der Waals surface area contributed by atoms with Crippen molar-refractivity contribution in [3.8, 4) is 0 Å². The van der Waals surface area contributed by atoms with Gasteiger partial charge in [0, 0.05) is 0 Å². The number of carboxylic acid groups (broad SMARTS) is 1. The molecule has 0 unspecified atom stereocenters. The minimum Gasteiger partial charge on any atom is -0.547 e. The van der Waals surface area contributed by atoms with Crippen LogP contribution in [0.4, 0.5) is 0 Å². The van der Waals surface area contributed by atoms with Crippen molar-refractivity contribution >= 4 is 43.7 Å². The van der Waals surface area contributed by atoms with Crippen LogP contribution in [0.1, 0.15) is 32.1 Å². The van der Waals surface area contributed by atoms with Gasteiger partial charge in [-0.05, 0) is 12.8 Å². The number of carbonyl (C=O) groups excluding carboxylic acids is 1. The summed E-state index contributed by atoms with van der Waals surface area (Å²) in [5, 5.41) is 19.6. The summed E-state index contributed by atoms with van der Waals surface area (Å²) in [5.74, 6) is -1.31. The van der Waals surface area contributed by atoms with Crippen LogP contribution in [0.2, 0.25) is 0 Å². The summed E-state index contributed by atoms with van der Waals surface area (Å²) >= 11 is 0. The van der Waals surface area contributed by atoms with Gasteiger partial charge in [0.15, 0.2) is 0 Å². The van der Waals surface area contributed by atoms with Gasteiger partial charge < -0.3 is 15.0 Å². The van der Waals surface area contributed by atoms with E-state index in [-0.39, 0.29) is 37.7 Å². The molecule has 1 N–H and O–H groups in total. The van der Waals surface area contributed by atoms with Crippen molar-refractivity contribution < 1.29 is 15.0 Å². The first-order valence-electron chi connectivity index (χ1n) is 3.59. The van der Waals surface area contributed by atoms with Crippen molar-refractivity contribution in [3.05, 3.63) is 0 Å². The van der Waals surface area contributed by atoms with Gasteiger partial charge in [-0.2, -0.15) is 0 Å². The Morgan fingerprint density at radius 2 is 1.73 bits per heavy atom. The van der Waals surface area contributed by atoms with E-state index < -0.39 is 11.6 Å². The van der Waals surface area contributed by atoms with E-state index in [1.807, 2.05) is 0 Å². The quantitative estimate of drug-likeness (QED) is 0.533. The number of carbonyl (C=O) groups is 1. The second-order valence-electron chi connectivity index (χ2n) is 2.88. The molecule has 0 aromatic heterocycles. The van der Waals surface area contributed by atoms with E-state index in [9.17, 15) is 15.0 Å². The van der Waals surface area contributed by atoms with Gasteiger partial charge >= 0.3 is 37.7 Å². The predicted octanol–water partition coefficient (Wildman–Crippen LogP) is -0.949. The Morgan fingerprint density at radius 3 is 2.00 bits per heavy atom. The van der Waals surface area contributed by atoms with Gasteiger partial charge in [0.1, 0.15) is 5.60 Å². The molecule has 0 bridgehead atoms. The van der Waals surface area contributed by atoms with Gasteiger partial charge in [0.25, 0.3) is 0 Å². The first kappa shape index (κ1) is 11.7. The molecule has 1 saturated carbocycles. The number of aliphatic carboxylic acids is 1. The third kappa shape index (κ3) is 2.90. The maximum Gasteiger partial charge on any atom is 2.00 e. The number of hydrogen-bond acceptors (Lipinski definition) is 3. The predicted molar refractivity (Wildman–Crippen MR) is 38.8 cm³/mol. The van der Waals surface area contributed by atoms with Crippen LogP contribution in [-0.2, 0) is 4.79 Å². The van der Waals surface area contributed by atoms with Gasteiger partial charge in [-0.25, -0.2) is 0 Å². The van der Waals surface area contributed by atoms with Crippen LogP contribution >= 0.6 is 0 Å². The zero-order chi connectivity index (χ0) is 7.61. The fourth-order valence-corrected chi connectivity index (χ4v) is 1.34. The van der Waals surface area contributed by atoms with E-state index in [1.165, 1.54) is 0 Å². The maximum absolute atomic E-state index is 10.3. The largest absolute Gasteiger partial charge is 2.00 e. The average Bonchev–Trinajstić information content (AvgIpc) is 1.89. The molecule has 0 radical (unpaired) electrons. The third-order valence-electron chi connectivity index (χ3n) is 2.06. The molecule has 1 aliphatic rings. The molecule has 11 heavy (non-hydrogen) atoms. The second kappa shape index (κ2) is 4.65. The molecule has 0 heterocycles. The standard InChI is InChI=1S/C7H12O3.Ca/c8-6(9)7(10)4-2-1-3-5-7;/h10H,1-5H2,(H,8,9);/q;+2/p-1. The van der Waals surface area contributed by atoms with E-state index in [4.69, 9.17) is 0 Å². The maximum atomic E-state index is 10.3. The fraction of sp³-hybridized carbons (Fsp3) is 0.857. The average molecular weight is 183 g/mol. The van der Waals surface area contributed by atoms with Crippen molar-refractivity contribution in [1.29, 1.82) is 0 Å². The van der Waals surface area contributed by atoms with Crippen LogP contribution in [0.3, 0.4) is 0 Å². The first-order chi connectivity index (χ1) is 4.65. The first-order valence-corrected chi connectivity index (χ1v) is 3.59. The van der Waals surface area contributed by atoms with E-state index >= 15 is 0 Å². The molecule has 58 valence electrons. The molecule has 0 spiro atoms. The third-order valence-corrected chi connectivity index (χ3v) is 2.06. The normalized spacial score (nSPS) is 21.9. The minimum absolute atomic E-state index is 0. The molecule has 0 amide bonds. The van der Waals surface area contributed by atoms with Gasteiger partial charge in [-0.1, -0.05) is 19.3 Å². The minimum atomic E-state index is -1.52. The van der Waals surface area contributed by atoms with E-state index in [1.54, 1.807) is 0 Å². The molecule has 0 aromatic rings. The summed E-state index contributed by atoms with van der Waals surface area (Å²) in [6.45, 7) is 0. The van der Waals surface area contributed by atoms with Gasteiger partial charge in [-0.15, -0.1) is 0 Å². The van der Waals surface area contributed by atoms with Crippen molar-refractivity contribution in [2.45, 2.75) is 37.7 Å². The van der Waals surface area contributed by atoms with Crippen LogP contribution in [0, 0.1) is 0 Å². The summed E-state index contributed by atoms with van der Waals surface area (Å²) in [5.41, 5.74) is -1.52. The van der Waals surface area contributed by atoms with E-state index in [0.29, 0.717) is 12.8 Å². The smallest absolute Gasteiger partial charge is 0.547 e. The van der Waals surface area contributed by atoms with Crippen LogP contribution in [0.5, 0.6) is 0 Å². The zero-order valence-electron chi connectivity index (χ0n) is 6.51. The Hall–Kier alpha value is 0.690. The Bertz CT molecular complexity index is 141. The summed E-state index contributed by atoms with van der Waals surface area (Å²) in [6, 6.07) is 0. The monoisotopic (exact) mass is 183 g/mol. The molecule has 1 rings (SSSR count). The number of hydrogen-bond donors (Lipinski definition) is 1. The van der Waals surface area contributed by atoms with E-state index in [0.717, 1.165) is 19.3 Å². The molecule has 0 saturated heterocycles. The fourth-order valence-electron chi connectivity index (χ4n) is 1.34. The van der Waals surface area contributed by atoms with Crippen molar-refractivity contribution in [1.82, 2.24) is 0 Å². The van der Waals surface area contributed by atoms with Gasteiger partial charge in [0.2, 0.25) is 0 Å². The van der Waals surface area contributed by atoms with Crippen LogP contribution < -0.4 is 5.11 Å². The summed E-state index contributed by atoms with van der Waals surface area (Å²) in [7, 11) is 0. The summed E-state index contributed by atoms with van der Waals surface area (Å²) in [4.78, 5) is 10.3. The van der Waals surface area contributed by atoms with Crippen LogP contribution in [0.25, 0.3) is 0 Å². The van der Waals surface area contributed by atoms with E-state index in [2.05, 4.69) is 0 Å². The molecule has 4 heteroatoms. The molecule has 0 aliphatic heterocycles. The van der Waals surface area contributed by atoms with Gasteiger partial charge in [0.05, 0.1) is 5.97 Å². The molecule has 3 nitrogen and oxygen atoms in total. The van der Waals surface area contributed by atoms with Crippen LogP contribution in [-0.4, -0.2) is 54.4 Å². The van der Waals surface area contributed by atoms with Crippen molar-refractivity contribution in [2.24, 2.45) is 0 Å². The Balaban J connectivity index is 0.000001000. The molecule has 0 atom stereocenters. The number of rotatable bonds is 1. The topological polar surface area (TPSA) is 60.4 Å².